The van der Waals surface area contributed by atoms with Gasteiger partial charge in [0, 0.05) is 58.7 Å². The number of benzene rings is 1. The molecule has 0 radical (unpaired) electrons. The zero-order valence-corrected chi connectivity index (χ0v) is 21.8. The average molecular weight is 516 g/mol. The van der Waals surface area contributed by atoms with Crippen LogP contribution in [-0.2, 0) is 0 Å². The van der Waals surface area contributed by atoms with Crippen molar-refractivity contribution in [1.29, 1.82) is 0 Å². The molecule has 5 aromatic heterocycles. The van der Waals surface area contributed by atoms with Crippen LogP contribution in [0.25, 0.3) is 55.6 Å². The van der Waals surface area contributed by atoms with E-state index in [-0.39, 0.29) is 0 Å². The van der Waals surface area contributed by atoms with Gasteiger partial charge in [-0.1, -0.05) is 0 Å². The Labute approximate surface area is 226 Å². The maximum absolute atomic E-state index is 6.08. The number of aromatic nitrogens is 6. The van der Waals surface area contributed by atoms with Crippen LogP contribution in [0.15, 0.2) is 73.4 Å². The molecule has 6 aromatic rings. The third kappa shape index (κ3) is 4.53. The lowest BCUT2D eigenvalue weighted by Gasteiger charge is -2.15. The summed E-state index contributed by atoms with van der Waals surface area (Å²) in [5.74, 6) is 0.796. The first kappa shape index (κ1) is 23.5. The number of ether oxygens (including phenoxy) is 1. The van der Waals surface area contributed by atoms with Crippen molar-refractivity contribution in [3.05, 3.63) is 79.0 Å². The number of aryl methyl sites for hydroxylation is 1. The van der Waals surface area contributed by atoms with Crippen molar-refractivity contribution in [2.45, 2.75) is 19.8 Å². The second-order valence-electron chi connectivity index (χ2n) is 10.1. The molecule has 0 amide bonds. The summed E-state index contributed by atoms with van der Waals surface area (Å²) in [5, 5.41) is 10.00. The van der Waals surface area contributed by atoms with Gasteiger partial charge in [-0.05, 0) is 86.4 Å². The van der Waals surface area contributed by atoms with E-state index in [2.05, 4.69) is 61.1 Å². The number of nitrogens with one attached hydrogen (secondary N) is 2. The van der Waals surface area contributed by atoms with Crippen LogP contribution in [0.5, 0.6) is 5.75 Å². The lowest BCUT2D eigenvalue weighted by molar-refractivity contribution is 0.237. The molecule has 1 aliphatic heterocycles. The number of hydrogen-bond donors (Lipinski definition) is 2. The number of likely N-dealkylation sites (tertiary alicyclic amines) is 1. The average Bonchev–Trinajstić information content (AvgIpc) is 3.73. The van der Waals surface area contributed by atoms with Crippen molar-refractivity contribution in [1.82, 2.24) is 35.0 Å². The second-order valence-corrected chi connectivity index (χ2v) is 10.1. The van der Waals surface area contributed by atoms with Gasteiger partial charge in [-0.2, -0.15) is 5.10 Å². The van der Waals surface area contributed by atoms with Gasteiger partial charge in [0.05, 0.1) is 23.1 Å². The Morgan fingerprint density at radius 1 is 0.872 bits per heavy atom. The summed E-state index contributed by atoms with van der Waals surface area (Å²) >= 11 is 0. The lowest BCUT2D eigenvalue weighted by Crippen LogP contribution is -2.25. The fourth-order valence-electron chi connectivity index (χ4n) is 5.55. The van der Waals surface area contributed by atoms with Gasteiger partial charge in [-0.15, -0.1) is 0 Å². The lowest BCUT2D eigenvalue weighted by atomic mass is 9.98. The van der Waals surface area contributed by atoms with E-state index in [1.807, 2.05) is 36.8 Å². The van der Waals surface area contributed by atoms with Crippen LogP contribution >= 0.6 is 0 Å². The molecule has 0 aliphatic carbocycles. The highest BCUT2D eigenvalue weighted by atomic mass is 16.5. The maximum atomic E-state index is 6.08. The van der Waals surface area contributed by atoms with Gasteiger partial charge in [0.25, 0.3) is 0 Å². The highest BCUT2D eigenvalue weighted by Gasteiger charge is 2.17. The van der Waals surface area contributed by atoms with Crippen molar-refractivity contribution in [2.75, 3.05) is 26.2 Å². The van der Waals surface area contributed by atoms with Crippen molar-refractivity contribution >= 4 is 21.8 Å². The summed E-state index contributed by atoms with van der Waals surface area (Å²) in [4.78, 5) is 19.4. The highest BCUT2D eigenvalue weighted by Crippen LogP contribution is 2.36. The van der Waals surface area contributed by atoms with Crippen molar-refractivity contribution in [3.63, 3.8) is 0 Å². The Kier molecular flexibility index (Phi) is 6.01. The predicted octanol–water partition coefficient (Wildman–Crippen LogP) is 6.01. The molecule has 1 aromatic carbocycles. The van der Waals surface area contributed by atoms with Gasteiger partial charge in [0.15, 0.2) is 0 Å². The third-order valence-corrected chi connectivity index (χ3v) is 7.55. The monoisotopic (exact) mass is 515 g/mol. The first-order valence-corrected chi connectivity index (χ1v) is 13.4. The van der Waals surface area contributed by atoms with Gasteiger partial charge in [0.2, 0.25) is 0 Å². The topological polar surface area (TPSA) is 95.6 Å². The first-order chi connectivity index (χ1) is 19.2. The summed E-state index contributed by atoms with van der Waals surface area (Å²) in [6.07, 6.45) is 11.7. The molecule has 39 heavy (non-hydrogen) atoms. The van der Waals surface area contributed by atoms with Crippen molar-refractivity contribution < 1.29 is 4.74 Å². The van der Waals surface area contributed by atoms with Crippen LogP contribution in [0.2, 0.25) is 0 Å². The molecule has 0 unspecified atom stereocenters. The molecule has 1 fully saturated rings. The number of nitrogens with zero attached hydrogens (tertiary/aromatic N) is 5. The molecule has 2 N–H and O–H groups in total. The van der Waals surface area contributed by atoms with Crippen LogP contribution in [0.1, 0.15) is 18.4 Å². The van der Waals surface area contributed by atoms with Gasteiger partial charge in [0.1, 0.15) is 18.1 Å². The summed E-state index contributed by atoms with van der Waals surface area (Å²) in [6.45, 7) is 6.09. The van der Waals surface area contributed by atoms with Gasteiger partial charge in [-0.3, -0.25) is 25.0 Å². The van der Waals surface area contributed by atoms with E-state index in [9.17, 15) is 0 Å². The van der Waals surface area contributed by atoms with E-state index in [0.29, 0.717) is 6.61 Å². The first-order valence-electron chi connectivity index (χ1n) is 13.4. The summed E-state index contributed by atoms with van der Waals surface area (Å²) in [7, 11) is 0. The molecular formula is C31H29N7O. The number of fused-ring (bicyclic) bond motifs is 2. The number of hydrogen-bond acceptors (Lipinski definition) is 6. The zero-order chi connectivity index (χ0) is 26.2. The summed E-state index contributed by atoms with van der Waals surface area (Å²) in [6, 6.07) is 14.5. The SMILES string of the molecule is Cc1cc2[nH]nc(-c3cc4c(-c5cccnc5)nccc4[nH]3)c2cc1-c1cncc(OCCN2CCCC2)c1. The maximum Gasteiger partial charge on any atom is 0.138 e. The molecule has 0 saturated carbocycles. The fraction of sp³-hybridized carbons (Fsp3) is 0.226. The van der Waals surface area contributed by atoms with Gasteiger partial charge in [-0.25, -0.2) is 0 Å². The Morgan fingerprint density at radius 3 is 2.62 bits per heavy atom. The number of rotatable bonds is 7. The van der Waals surface area contributed by atoms with Crippen molar-refractivity contribution in [3.8, 4) is 39.5 Å². The predicted molar refractivity (Wildman–Crippen MR) is 154 cm³/mol. The molecule has 0 atom stereocenters. The smallest absolute Gasteiger partial charge is 0.138 e. The number of H-pyrrole nitrogens is 2. The molecule has 0 bridgehead atoms. The number of aromatic amines is 2. The van der Waals surface area contributed by atoms with E-state index in [1.165, 1.54) is 25.9 Å². The molecule has 0 spiro atoms. The minimum atomic E-state index is 0.672. The van der Waals surface area contributed by atoms with Crippen LogP contribution in [0.3, 0.4) is 0 Å². The third-order valence-electron chi connectivity index (χ3n) is 7.55. The number of pyridine rings is 3. The minimum absolute atomic E-state index is 0.672. The Hall–Kier alpha value is -4.56. The normalized spacial score (nSPS) is 14.0. The van der Waals surface area contributed by atoms with E-state index in [1.54, 1.807) is 12.4 Å². The van der Waals surface area contributed by atoms with E-state index < -0.39 is 0 Å². The summed E-state index contributed by atoms with van der Waals surface area (Å²) in [5.41, 5.74) is 8.95. The Balaban J connectivity index is 1.23. The Morgan fingerprint density at radius 2 is 1.74 bits per heavy atom. The van der Waals surface area contributed by atoms with Crippen LogP contribution < -0.4 is 4.74 Å². The molecule has 8 nitrogen and oxygen atoms in total. The zero-order valence-electron chi connectivity index (χ0n) is 21.8. The molecule has 194 valence electrons. The van der Waals surface area contributed by atoms with Crippen LogP contribution in [-0.4, -0.2) is 61.3 Å². The van der Waals surface area contributed by atoms with E-state index in [4.69, 9.17) is 9.84 Å². The summed E-state index contributed by atoms with van der Waals surface area (Å²) < 4.78 is 6.08. The molecule has 6 heterocycles. The largest absolute Gasteiger partial charge is 0.491 e. The standard InChI is InChI=1S/C31H29N7O/c1-20-13-28-25(15-24(20)22-14-23(19-33-18-22)39-12-11-38-9-2-3-10-38)31(37-36-28)29-16-26-27(35-29)6-8-34-30(26)21-5-4-7-32-17-21/h4-8,13-19,35H,2-3,9-12H2,1H3,(H,36,37). The molecule has 1 saturated heterocycles. The van der Waals surface area contributed by atoms with Crippen LogP contribution in [0.4, 0.5) is 0 Å². The fourth-order valence-corrected chi connectivity index (χ4v) is 5.55. The van der Waals surface area contributed by atoms with E-state index >= 15 is 0 Å². The molecular weight excluding hydrogens is 486 g/mol. The second kappa shape index (κ2) is 9.96. The minimum Gasteiger partial charge on any atom is -0.491 e. The van der Waals surface area contributed by atoms with Crippen molar-refractivity contribution in [2.24, 2.45) is 0 Å². The molecule has 8 heteroatoms. The highest BCUT2D eigenvalue weighted by molar-refractivity contribution is 6.01. The Bertz CT molecular complexity index is 1770. The van der Waals surface area contributed by atoms with E-state index in [0.717, 1.165) is 73.4 Å². The van der Waals surface area contributed by atoms with Crippen LogP contribution in [0, 0.1) is 6.92 Å². The molecule has 1 aliphatic rings. The molecule has 7 rings (SSSR count). The quantitative estimate of drug-likeness (QED) is 0.270. The van der Waals surface area contributed by atoms with Gasteiger partial charge >= 0.3 is 0 Å². The van der Waals surface area contributed by atoms with Gasteiger partial charge < -0.3 is 9.72 Å².